The van der Waals surface area contributed by atoms with Gasteiger partial charge in [0, 0.05) is 27.9 Å². The molecule has 3 aromatic carbocycles. The predicted octanol–water partition coefficient (Wildman–Crippen LogP) is 5.79. The zero-order valence-electron chi connectivity index (χ0n) is 17.0. The van der Waals surface area contributed by atoms with E-state index in [-0.39, 0.29) is 11.3 Å². The smallest absolute Gasteiger partial charge is 0.269 e. The molecule has 32 heavy (non-hydrogen) atoms. The number of amides is 1. The molecule has 3 rings (SSSR count). The van der Waals surface area contributed by atoms with Gasteiger partial charge in [0.25, 0.3) is 11.6 Å². The Morgan fingerprint density at radius 1 is 1.19 bits per heavy atom. The van der Waals surface area contributed by atoms with E-state index in [1.165, 1.54) is 24.3 Å². The van der Waals surface area contributed by atoms with Gasteiger partial charge in [0.15, 0.2) is 0 Å². The molecule has 0 saturated heterocycles. The lowest BCUT2D eigenvalue weighted by Gasteiger charge is -2.11. The van der Waals surface area contributed by atoms with Crippen LogP contribution >= 0.6 is 15.9 Å². The number of nitriles is 1. The van der Waals surface area contributed by atoms with Crippen LogP contribution in [0.5, 0.6) is 5.75 Å². The number of nitrogens with one attached hydrogen (secondary N) is 1. The van der Waals surface area contributed by atoms with Gasteiger partial charge in [0.2, 0.25) is 0 Å². The number of aryl methyl sites for hydroxylation is 1. The van der Waals surface area contributed by atoms with Crippen molar-refractivity contribution in [3.05, 3.63) is 104 Å². The third-order valence-corrected chi connectivity index (χ3v) is 5.04. The molecule has 0 unspecified atom stereocenters. The van der Waals surface area contributed by atoms with Crippen LogP contribution < -0.4 is 10.1 Å². The zero-order valence-corrected chi connectivity index (χ0v) is 18.6. The first-order valence-corrected chi connectivity index (χ1v) is 10.3. The third kappa shape index (κ3) is 5.80. The Bertz CT molecular complexity index is 1230. The highest BCUT2D eigenvalue weighted by Crippen LogP contribution is 2.27. The highest BCUT2D eigenvalue weighted by atomic mass is 79.9. The number of carbonyl (C=O) groups is 1. The van der Waals surface area contributed by atoms with Gasteiger partial charge in [0.1, 0.15) is 24.0 Å². The van der Waals surface area contributed by atoms with Gasteiger partial charge in [-0.2, -0.15) is 5.26 Å². The van der Waals surface area contributed by atoms with E-state index in [9.17, 15) is 20.2 Å². The van der Waals surface area contributed by atoms with E-state index in [4.69, 9.17) is 4.74 Å². The average Bonchev–Trinajstić information content (AvgIpc) is 2.78. The Hall–Kier alpha value is -3.96. The summed E-state index contributed by atoms with van der Waals surface area (Å²) in [6.45, 7) is 1.97. The fraction of sp³-hybridized carbons (Fsp3) is 0.0833. The van der Waals surface area contributed by atoms with Gasteiger partial charge < -0.3 is 10.1 Å². The van der Waals surface area contributed by atoms with Crippen LogP contribution in [0.4, 0.5) is 11.4 Å². The minimum atomic E-state index is -0.626. The van der Waals surface area contributed by atoms with Crippen LogP contribution in [0.25, 0.3) is 6.08 Å². The van der Waals surface area contributed by atoms with Gasteiger partial charge in [-0.1, -0.05) is 46.3 Å². The number of hydrogen-bond donors (Lipinski definition) is 1. The molecule has 0 atom stereocenters. The highest BCUT2D eigenvalue weighted by molar-refractivity contribution is 9.10. The summed E-state index contributed by atoms with van der Waals surface area (Å²) in [7, 11) is 0. The lowest BCUT2D eigenvalue weighted by molar-refractivity contribution is -0.384. The van der Waals surface area contributed by atoms with Crippen molar-refractivity contribution >= 4 is 39.3 Å². The van der Waals surface area contributed by atoms with Crippen molar-refractivity contribution in [3.8, 4) is 11.8 Å². The predicted molar refractivity (Wildman–Crippen MR) is 125 cm³/mol. The van der Waals surface area contributed by atoms with Crippen molar-refractivity contribution in [2.45, 2.75) is 13.5 Å². The molecule has 8 heteroatoms. The molecule has 0 spiro atoms. The molecular formula is C24H18BrN3O4. The first-order chi connectivity index (χ1) is 15.4. The molecule has 0 radical (unpaired) electrons. The van der Waals surface area contributed by atoms with Crippen LogP contribution in [-0.2, 0) is 11.4 Å². The molecule has 0 bridgehead atoms. The quantitative estimate of drug-likeness (QED) is 0.195. The number of nitrogens with zero attached hydrogens (tertiary/aromatic N) is 2. The van der Waals surface area contributed by atoms with Crippen molar-refractivity contribution < 1.29 is 14.5 Å². The lowest BCUT2D eigenvalue weighted by Crippen LogP contribution is -2.14. The Balaban J connectivity index is 1.83. The van der Waals surface area contributed by atoms with E-state index in [1.54, 1.807) is 19.1 Å². The zero-order chi connectivity index (χ0) is 23.1. The lowest BCUT2D eigenvalue weighted by atomic mass is 10.1. The molecule has 0 fully saturated rings. The van der Waals surface area contributed by atoms with Crippen LogP contribution in [-0.4, -0.2) is 10.8 Å². The number of carbonyl (C=O) groups excluding carboxylic acids is 1. The molecule has 0 heterocycles. The monoisotopic (exact) mass is 491 g/mol. The Morgan fingerprint density at radius 3 is 2.59 bits per heavy atom. The molecule has 7 nitrogen and oxygen atoms in total. The van der Waals surface area contributed by atoms with Gasteiger partial charge in [-0.25, -0.2) is 0 Å². The minimum Gasteiger partial charge on any atom is -0.488 e. The van der Waals surface area contributed by atoms with Crippen LogP contribution in [0, 0.1) is 28.4 Å². The SMILES string of the molecule is Cc1cc([N+](=O)[O-])ccc1NC(=O)/C(C#N)=C/c1cc(Br)ccc1OCc1ccccc1. The Kier molecular flexibility index (Phi) is 7.37. The number of benzene rings is 3. The number of hydrogen-bond acceptors (Lipinski definition) is 5. The van der Waals surface area contributed by atoms with Gasteiger partial charge in [-0.15, -0.1) is 0 Å². The number of non-ortho nitro benzene ring substituents is 1. The van der Waals surface area contributed by atoms with Gasteiger partial charge in [-0.3, -0.25) is 14.9 Å². The van der Waals surface area contributed by atoms with Gasteiger partial charge >= 0.3 is 0 Å². The third-order valence-electron chi connectivity index (χ3n) is 4.54. The summed E-state index contributed by atoms with van der Waals surface area (Å²) in [4.78, 5) is 23.1. The molecule has 0 aliphatic heterocycles. The maximum atomic E-state index is 12.7. The highest BCUT2D eigenvalue weighted by Gasteiger charge is 2.15. The van der Waals surface area contributed by atoms with Crippen LogP contribution in [0.1, 0.15) is 16.7 Å². The molecule has 1 N–H and O–H groups in total. The first kappa shape index (κ1) is 22.7. The molecular weight excluding hydrogens is 474 g/mol. The normalized spacial score (nSPS) is 10.8. The van der Waals surface area contributed by atoms with Crippen molar-refractivity contribution in [2.75, 3.05) is 5.32 Å². The number of rotatable bonds is 7. The van der Waals surface area contributed by atoms with Gasteiger partial charge in [-0.05, 0) is 48.4 Å². The first-order valence-electron chi connectivity index (χ1n) is 9.52. The van der Waals surface area contributed by atoms with Crippen molar-refractivity contribution in [2.24, 2.45) is 0 Å². The molecule has 0 aliphatic rings. The summed E-state index contributed by atoms with van der Waals surface area (Å²) in [5, 5.41) is 23.1. The second-order valence-electron chi connectivity index (χ2n) is 6.84. The van der Waals surface area contributed by atoms with Crippen LogP contribution in [0.2, 0.25) is 0 Å². The number of nitro benzene ring substituents is 1. The number of ether oxygens (including phenoxy) is 1. The molecule has 0 saturated carbocycles. The van der Waals surface area contributed by atoms with Crippen molar-refractivity contribution in [1.82, 2.24) is 0 Å². The second-order valence-corrected chi connectivity index (χ2v) is 7.75. The fourth-order valence-electron chi connectivity index (χ4n) is 2.89. The molecule has 1 amide bonds. The molecule has 3 aromatic rings. The van der Waals surface area contributed by atoms with Crippen LogP contribution in [0.3, 0.4) is 0 Å². The van der Waals surface area contributed by atoms with E-state index < -0.39 is 10.8 Å². The second kappa shape index (κ2) is 10.4. The summed E-state index contributed by atoms with van der Waals surface area (Å²) < 4.78 is 6.67. The Morgan fingerprint density at radius 2 is 1.94 bits per heavy atom. The number of halogens is 1. The average molecular weight is 492 g/mol. The van der Waals surface area contributed by atoms with Gasteiger partial charge in [0.05, 0.1) is 4.92 Å². The molecule has 0 aliphatic carbocycles. The summed E-state index contributed by atoms with van der Waals surface area (Å²) in [5.74, 6) is -0.109. The maximum Gasteiger partial charge on any atom is 0.269 e. The van der Waals surface area contributed by atoms with Crippen molar-refractivity contribution in [3.63, 3.8) is 0 Å². The fourth-order valence-corrected chi connectivity index (χ4v) is 3.27. The van der Waals surface area contributed by atoms with E-state index in [0.717, 1.165) is 10.0 Å². The largest absolute Gasteiger partial charge is 0.488 e. The number of anilines is 1. The summed E-state index contributed by atoms with van der Waals surface area (Å²) in [5.41, 5.74) is 2.23. The van der Waals surface area contributed by atoms with E-state index in [2.05, 4.69) is 21.2 Å². The maximum absolute atomic E-state index is 12.7. The van der Waals surface area contributed by atoms with E-state index in [1.807, 2.05) is 42.5 Å². The Labute approximate surface area is 193 Å². The summed E-state index contributed by atoms with van der Waals surface area (Å²) in [6.07, 6.45) is 1.45. The van der Waals surface area contributed by atoms with E-state index in [0.29, 0.717) is 29.2 Å². The van der Waals surface area contributed by atoms with Crippen molar-refractivity contribution in [1.29, 1.82) is 5.26 Å². The van der Waals surface area contributed by atoms with E-state index >= 15 is 0 Å². The number of nitro groups is 1. The topological polar surface area (TPSA) is 105 Å². The molecule has 160 valence electrons. The summed E-state index contributed by atoms with van der Waals surface area (Å²) in [6, 6.07) is 20.9. The molecule has 0 aromatic heterocycles. The standard InChI is InChI=1S/C24H18BrN3O4/c1-16-11-21(28(30)31)8-9-22(16)27-24(29)19(14-26)12-18-13-20(25)7-10-23(18)32-15-17-5-3-2-4-6-17/h2-13H,15H2,1H3,(H,27,29)/b19-12+. The minimum absolute atomic E-state index is 0.0779. The van der Waals surface area contributed by atoms with Crippen LogP contribution in [0.15, 0.2) is 76.8 Å². The summed E-state index contributed by atoms with van der Waals surface area (Å²) >= 11 is 3.40.